The van der Waals surface area contributed by atoms with E-state index in [9.17, 15) is 23.8 Å². The first-order valence-electron chi connectivity index (χ1n) is 17.9. The molecule has 0 aliphatic heterocycles. The number of carboxylic acids is 1. The maximum Gasteiger partial charge on any atom is 0.472 e. The third-order valence-electron chi connectivity index (χ3n) is 6.56. The van der Waals surface area contributed by atoms with Crippen molar-refractivity contribution in [3.8, 4) is 0 Å². The Labute approximate surface area is 310 Å². The van der Waals surface area contributed by atoms with Crippen molar-refractivity contribution in [2.75, 3.05) is 19.8 Å². The summed E-state index contributed by atoms with van der Waals surface area (Å²) < 4.78 is 32.3. The summed E-state index contributed by atoms with van der Waals surface area (Å²) in [4.78, 5) is 45.6. The lowest BCUT2D eigenvalue weighted by Crippen LogP contribution is -2.34. The minimum atomic E-state index is -4.76. The number of carboxylic acid groups (broad SMARTS) is 1. The van der Waals surface area contributed by atoms with Crippen LogP contribution in [-0.2, 0) is 37.5 Å². The van der Waals surface area contributed by atoms with Crippen molar-refractivity contribution in [2.45, 2.75) is 103 Å². The van der Waals surface area contributed by atoms with E-state index in [2.05, 4.69) is 85.2 Å². The average molecular weight is 746 g/mol. The maximum atomic E-state index is 12.5. The Balaban J connectivity index is 4.76. The minimum Gasteiger partial charge on any atom is -0.480 e. The Morgan fingerprint density at radius 1 is 0.596 bits per heavy atom. The fraction of sp³-hybridized carbons (Fsp3) is 0.475. The van der Waals surface area contributed by atoms with Gasteiger partial charge in [0, 0.05) is 6.42 Å². The molecule has 0 fully saturated rings. The quantitative estimate of drug-likeness (QED) is 0.0352. The van der Waals surface area contributed by atoms with E-state index in [1.54, 1.807) is 12.2 Å². The molecule has 290 valence electrons. The molecule has 0 bridgehead atoms. The van der Waals surface area contributed by atoms with Crippen molar-refractivity contribution in [2.24, 2.45) is 5.73 Å². The molecule has 12 heteroatoms. The molecule has 0 rings (SSSR count). The molecule has 0 aliphatic carbocycles. The topological polar surface area (TPSA) is 172 Å². The van der Waals surface area contributed by atoms with Gasteiger partial charge in [-0.25, -0.2) is 4.57 Å². The van der Waals surface area contributed by atoms with Gasteiger partial charge in [-0.2, -0.15) is 0 Å². The van der Waals surface area contributed by atoms with Gasteiger partial charge in [0.05, 0.1) is 19.6 Å². The van der Waals surface area contributed by atoms with Gasteiger partial charge in [0.15, 0.2) is 6.10 Å². The SMILES string of the molecule is CC/C=C\C/C=C\C/C=C\C/C=C\C/C=C\CC(=O)OC(COC(=O)CC/C=C\C/C=C\C/C=C\C/C=C\CC)COP(=O)(O)OCC(N)C(=O)O. The second kappa shape index (κ2) is 34.2. The zero-order valence-electron chi connectivity index (χ0n) is 30.8. The normalized spacial score (nSPS) is 15.2. The van der Waals surface area contributed by atoms with Gasteiger partial charge in [-0.1, -0.05) is 123 Å². The Bertz CT molecular complexity index is 1290. The fourth-order valence-corrected chi connectivity index (χ4v) is 4.58. The van der Waals surface area contributed by atoms with E-state index in [0.717, 1.165) is 51.4 Å². The summed E-state index contributed by atoms with van der Waals surface area (Å²) in [7, 11) is -4.76. The van der Waals surface area contributed by atoms with Crippen LogP contribution in [0, 0.1) is 0 Å². The fourth-order valence-electron chi connectivity index (χ4n) is 3.80. The van der Waals surface area contributed by atoms with Crippen LogP contribution in [0.5, 0.6) is 0 Å². The Morgan fingerprint density at radius 3 is 1.44 bits per heavy atom. The molecule has 0 spiro atoms. The number of hydrogen-bond acceptors (Lipinski definition) is 9. The highest BCUT2D eigenvalue weighted by Crippen LogP contribution is 2.43. The van der Waals surface area contributed by atoms with Crippen LogP contribution >= 0.6 is 7.82 Å². The van der Waals surface area contributed by atoms with Crippen molar-refractivity contribution < 1.29 is 47.5 Å². The van der Waals surface area contributed by atoms with Gasteiger partial charge in [0.2, 0.25) is 0 Å². The number of allylic oxidation sites excluding steroid dienone is 17. The molecule has 0 saturated carbocycles. The van der Waals surface area contributed by atoms with E-state index in [0.29, 0.717) is 12.8 Å². The number of phosphoric acid groups is 1. The Morgan fingerprint density at radius 2 is 1.00 bits per heavy atom. The monoisotopic (exact) mass is 745 g/mol. The number of carbonyl (C=O) groups excluding carboxylic acids is 2. The first-order valence-corrected chi connectivity index (χ1v) is 19.4. The van der Waals surface area contributed by atoms with E-state index in [1.165, 1.54) is 0 Å². The zero-order chi connectivity index (χ0) is 38.5. The summed E-state index contributed by atoms with van der Waals surface area (Å²) in [5, 5.41) is 8.85. The van der Waals surface area contributed by atoms with Crippen LogP contribution in [-0.4, -0.2) is 59.9 Å². The highest BCUT2D eigenvalue weighted by molar-refractivity contribution is 7.47. The molecule has 0 amide bonds. The molecular formula is C40H60NO10P. The third-order valence-corrected chi connectivity index (χ3v) is 7.51. The van der Waals surface area contributed by atoms with Gasteiger partial charge in [-0.15, -0.1) is 0 Å². The Kier molecular flexibility index (Phi) is 31.7. The first-order chi connectivity index (χ1) is 25.1. The van der Waals surface area contributed by atoms with Gasteiger partial charge in [0.25, 0.3) is 0 Å². The molecule has 0 heterocycles. The van der Waals surface area contributed by atoms with E-state index < -0.39 is 57.7 Å². The third kappa shape index (κ3) is 33.3. The number of phosphoric ester groups is 1. The summed E-state index contributed by atoms with van der Waals surface area (Å²) in [6.45, 7) is 2.34. The van der Waals surface area contributed by atoms with Crippen LogP contribution in [0.3, 0.4) is 0 Å². The van der Waals surface area contributed by atoms with Crippen LogP contribution in [0.1, 0.15) is 90.9 Å². The molecule has 3 atom stereocenters. The van der Waals surface area contributed by atoms with Crippen LogP contribution < -0.4 is 5.73 Å². The molecule has 0 aliphatic rings. The summed E-state index contributed by atoms with van der Waals surface area (Å²) in [6.07, 6.45) is 43.6. The molecule has 4 N–H and O–H groups in total. The second-order valence-corrected chi connectivity index (χ2v) is 12.7. The summed E-state index contributed by atoms with van der Waals surface area (Å²) in [6, 6.07) is -1.55. The molecule has 11 nitrogen and oxygen atoms in total. The highest BCUT2D eigenvalue weighted by atomic mass is 31.2. The molecule has 0 aromatic rings. The largest absolute Gasteiger partial charge is 0.480 e. The van der Waals surface area contributed by atoms with Gasteiger partial charge in [0.1, 0.15) is 12.6 Å². The van der Waals surface area contributed by atoms with Crippen molar-refractivity contribution >= 4 is 25.7 Å². The number of rotatable bonds is 31. The van der Waals surface area contributed by atoms with Crippen LogP contribution in [0.4, 0.5) is 0 Å². The number of esters is 2. The summed E-state index contributed by atoms with van der Waals surface area (Å²) >= 11 is 0. The number of aliphatic carboxylic acids is 1. The standard InChI is InChI=1S/C40H60NO10P/c1-3-5-7-9-11-13-15-17-18-20-22-24-26-28-30-32-39(43)51-36(34-49-52(46,47)50-35-37(41)40(44)45)33-48-38(42)31-29-27-25-23-21-19-16-14-12-10-8-6-4-2/h5-8,11-14,17-19,21-22,24-25,27-28,30,36-37H,3-4,9-10,15-16,20,23,26,29,31-35,41H2,1-2H3,(H,44,45)(H,46,47)/b7-5-,8-6-,13-11-,14-12-,18-17-,21-19-,24-22-,27-25-,30-28-. The lowest BCUT2D eigenvalue weighted by Gasteiger charge is -2.20. The van der Waals surface area contributed by atoms with E-state index in [4.69, 9.17) is 24.8 Å². The summed E-state index contributed by atoms with van der Waals surface area (Å²) in [5.74, 6) is -2.66. The average Bonchev–Trinajstić information content (AvgIpc) is 3.12. The molecule has 0 aromatic heterocycles. The van der Waals surface area contributed by atoms with Gasteiger partial charge in [-0.3, -0.25) is 23.4 Å². The predicted molar refractivity (Wildman–Crippen MR) is 207 cm³/mol. The number of ether oxygens (including phenoxy) is 2. The van der Waals surface area contributed by atoms with Crippen molar-refractivity contribution in [3.05, 3.63) is 109 Å². The minimum absolute atomic E-state index is 0.0739. The maximum absolute atomic E-state index is 12.5. The Hall–Kier alpha value is -3.86. The zero-order valence-corrected chi connectivity index (χ0v) is 31.7. The lowest BCUT2D eigenvalue weighted by atomic mass is 10.2. The smallest absolute Gasteiger partial charge is 0.472 e. The first kappa shape index (κ1) is 48.1. The van der Waals surface area contributed by atoms with Crippen molar-refractivity contribution in [1.82, 2.24) is 0 Å². The van der Waals surface area contributed by atoms with Crippen LogP contribution in [0.15, 0.2) is 109 Å². The van der Waals surface area contributed by atoms with Gasteiger partial charge >= 0.3 is 25.7 Å². The predicted octanol–water partition coefficient (Wildman–Crippen LogP) is 8.71. The van der Waals surface area contributed by atoms with Crippen LogP contribution in [0.25, 0.3) is 0 Å². The van der Waals surface area contributed by atoms with E-state index in [-0.39, 0.29) is 12.8 Å². The van der Waals surface area contributed by atoms with Crippen LogP contribution in [0.2, 0.25) is 0 Å². The number of carbonyl (C=O) groups is 3. The van der Waals surface area contributed by atoms with E-state index in [1.807, 2.05) is 30.4 Å². The molecular weight excluding hydrogens is 685 g/mol. The van der Waals surface area contributed by atoms with Gasteiger partial charge in [-0.05, 0) is 64.2 Å². The number of nitrogens with two attached hydrogens (primary N) is 1. The number of hydrogen-bond donors (Lipinski definition) is 3. The van der Waals surface area contributed by atoms with Crippen molar-refractivity contribution in [1.29, 1.82) is 0 Å². The molecule has 52 heavy (non-hydrogen) atoms. The summed E-state index contributed by atoms with van der Waals surface area (Å²) in [5.41, 5.74) is 5.30. The molecule has 3 unspecified atom stereocenters. The molecule has 0 aromatic carbocycles. The molecule has 0 saturated heterocycles. The van der Waals surface area contributed by atoms with Crippen molar-refractivity contribution in [3.63, 3.8) is 0 Å². The van der Waals surface area contributed by atoms with E-state index >= 15 is 0 Å². The highest BCUT2D eigenvalue weighted by Gasteiger charge is 2.28. The van der Waals surface area contributed by atoms with Gasteiger partial charge < -0.3 is 25.2 Å². The molecule has 0 radical (unpaired) electrons. The second-order valence-electron chi connectivity index (χ2n) is 11.3. The lowest BCUT2D eigenvalue weighted by molar-refractivity contribution is -0.160.